The number of hydrogen-bond donors (Lipinski definition) is 3. The number of carbonyl (C=O) groups excluding carboxylic acids is 2. The third-order valence-electron chi connectivity index (χ3n) is 1.59. The van der Waals surface area contributed by atoms with Gasteiger partial charge in [0.05, 0.1) is 3.57 Å². The zero-order valence-electron chi connectivity index (χ0n) is 8.07. The molecule has 0 radical (unpaired) electrons. The van der Waals surface area contributed by atoms with Crippen molar-refractivity contribution in [3.63, 3.8) is 0 Å². The number of phenols is 1. The van der Waals surface area contributed by atoms with Crippen LogP contribution in [0.1, 0.15) is 10.4 Å². The van der Waals surface area contributed by atoms with Crippen molar-refractivity contribution in [2.75, 3.05) is 6.61 Å². The maximum atomic E-state index is 11.4. The van der Waals surface area contributed by atoms with Gasteiger partial charge in [0, 0.05) is 5.56 Å². The van der Waals surface area contributed by atoms with Gasteiger partial charge in [0.25, 0.3) is 5.91 Å². The lowest BCUT2D eigenvalue weighted by molar-refractivity contribution is -0.124. The van der Waals surface area contributed by atoms with E-state index in [9.17, 15) is 14.7 Å². The highest BCUT2D eigenvalue weighted by Crippen LogP contribution is 2.20. The Hall–Kier alpha value is -1.35. The minimum absolute atomic E-state index is 0.00292. The number of aromatic hydroxyl groups is 1. The average molecular weight is 336 g/mol. The minimum Gasteiger partial charge on any atom is -0.507 e. The summed E-state index contributed by atoms with van der Waals surface area (Å²) in [5.74, 6) is -1.25. The van der Waals surface area contributed by atoms with Crippen LogP contribution in [0.25, 0.3) is 0 Å². The fraction of sp³-hybridized carbons (Fsp3) is 0.111. The van der Waals surface area contributed by atoms with Gasteiger partial charge in [0.1, 0.15) is 5.75 Å². The zero-order chi connectivity index (χ0) is 12.1. The summed E-state index contributed by atoms with van der Waals surface area (Å²) in [7, 11) is 0. The molecule has 86 valence electrons. The fourth-order valence-electron chi connectivity index (χ4n) is 0.886. The van der Waals surface area contributed by atoms with Crippen molar-refractivity contribution in [3.8, 4) is 5.75 Å². The lowest BCUT2D eigenvalue weighted by Gasteiger charge is -2.05. The van der Waals surface area contributed by atoms with Gasteiger partial charge < -0.3 is 10.8 Å². The van der Waals surface area contributed by atoms with Crippen LogP contribution in [0.5, 0.6) is 5.75 Å². The Kier molecular flexibility index (Phi) is 4.50. The number of nitrogens with two attached hydrogens (primary N) is 1. The molecular formula is C9H9IN2O4. The predicted octanol–water partition coefficient (Wildman–Crippen LogP) is 0.144. The lowest BCUT2D eigenvalue weighted by Crippen LogP contribution is -2.29. The van der Waals surface area contributed by atoms with E-state index in [1.807, 2.05) is 28.1 Å². The van der Waals surface area contributed by atoms with Crippen molar-refractivity contribution in [1.29, 1.82) is 0 Å². The third-order valence-corrected chi connectivity index (χ3v) is 2.50. The molecule has 0 saturated heterocycles. The van der Waals surface area contributed by atoms with E-state index >= 15 is 0 Å². The smallest absolute Gasteiger partial charge is 0.274 e. The summed E-state index contributed by atoms with van der Waals surface area (Å²) in [6.07, 6.45) is 0. The summed E-state index contributed by atoms with van der Waals surface area (Å²) >= 11 is 1.93. The van der Waals surface area contributed by atoms with Crippen LogP contribution < -0.4 is 11.2 Å². The van der Waals surface area contributed by atoms with E-state index in [-0.39, 0.29) is 11.3 Å². The Labute approximate surface area is 105 Å². The molecule has 0 heterocycles. The molecule has 0 aliphatic rings. The first-order chi connectivity index (χ1) is 7.50. The second-order valence-corrected chi connectivity index (χ2v) is 4.01. The van der Waals surface area contributed by atoms with E-state index in [2.05, 4.69) is 4.84 Å². The second kappa shape index (κ2) is 5.66. The molecule has 0 saturated carbocycles. The molecule has 1 aromatic rings. The number of halogens is 1. The number of phenolic OH excluding ortho intramolecular Hbond substituents is 1. The summed E-state index contributed by atoms with van der Waals surface area (Å²) < 4.78 is 0.632. The minimum atomic E-state index is -0.689. The highest BCUT2D eigenvalue weighted by Gasteiger charge is 2.08. The molecule has 0 fully saturated rings. The van der Waals surface area contributed by atoms with Gasteiger partial charge in [-0.3, -0.25) is 14.4 Å². The number of primary amides is 1. The molecule has 16 heavy (non-hydrogen) atoms. The van der Waals surface area contributed by atoms with Gasteiger partial charge in [0.2, 0.25) is 5.91 Å². The van der Waals surface area contributed by atoms with Gasteiger partial charge in [-0.05, 0) is 40.8 Å². The standard InChI is InChI=1S/C9H9IN2O4/c10-6-2-1-5(3-7(6)13)9(15)12-16-4-8(11)14/h1-3,13H,4H2,(H2,11,14)(H,12,15). The molecule has 1 rings (SSSR count). The van der Waals surface area contributed by atoms with Crippen molar-refractivity contribution in [1.82, 2.24) is 5.48 Å². The Bertz CT molecular complexity index is 422. The molecule has 4 N–H and O–H groups in total. The van der Waals surface area contributed by atoms with Crippen LogP contribution in [-0.4, -0.2) is 23.5 Å². The predicted molar refractivity (Wildman–Crippen MR) is 63.4 cm³/mol. The maximum Gasteiger partial charge on any atom is 0.274 e. The summed E-state index contributed by atoms with van der Waals surface area (Å²) in [5.41, 5.74) is 7.05. The molecule has 6 nitrogen and oxygen atoms in total. The first kappa shape index (κ1) is 12.7. The molecule has 0 spiro atoms. The molecule has 0 aliphatic heterocycles. The van der Waals surface area contributed by atoms with Gasteiger partial charge in [0.15, 0.2) is 6.61 Å². The van der Waals surface area contributed by atoms with Gasteiger partial charge in [-0.25, -0.2) is 5.48 Å². The number of hydrogen-bond acceptors (Lipinski definition) is 4. The molecule has 0 unspecified atom stereocenters. The Morgan fingerprint density at radius 2 is 2.19 bits per heavy atom. The van der Waals surface area contributed by atoms with Crippen molar-refractivity contribution in [2.24, 2.45) is 5.73 Å². The first-order valence-corrected chi connectivity index (χ1v) is 5.27. The van der Waals surface area contributed by atoms with Crippen LogP contribution in [0.15, 0.2) is 18.2 Å². The van der Waals surface area contributed by atoms with E-state index in [0.717, 1.165) is 0 Å². The molecule has 0 aliphatic carbocycles. The van der Waals surface area contributed by atoms with Gasteiger partial charge in [-0.15, -0.1) is 0 Å². The Balaban J connectivity index is 2.59. The van der Waals surface area contributed by atoms with Crippen molar-refractivity contribution >= 4 is 34.4 Å². The molecule has 0 bridgehead atoms. The molecule has 1 aromatic carbocycles. The zero-order valence-corrected chi connectivity index (χ0v) is 10.2. The fourth-order valence-corrected chi connectivity index (χ4v) is 1.22. The Morgan fingerprint density at radius 3 is 2.75 bits per heavy atom. The largest absolute Gasteiger partial charge is 0.507 e. The number of amides is 2. The first-order valence-electron chi connectivity index (χ1n) is 4.19. The SMILES string of the molecule is NC(=O)CONC(=O)c1ccc(I)c(O)c1. The normalized spacial score (nSPS) is 9.81. The number of nitrogens with one attached hydrogen (secondary N) is 1. The number of benzene rings is 1. The maximum absolute atomic E-state index is 11.4. The van der Waals surface area contributed by atoms with Crippen molar-refractivity contribution < 1.29 is 19.5 Å². The lowest BCUT2D eigenvalue weighted by atomic mass is 10.2. The summed E-state index contributed by atoms with van der Waals surface area (Å²) in [6.45, 7) is -0.401. The van der Waals surface area contributed by atoms with Gasteiger partial charge in [-0.1, -0.05) is 0 Å². The van der Waals surface area contributed by atoms with Crippen LogP contribution in [0.3, 0.4) is 0 Å². The molecule has 0 aromatic heterocycles. The third kappa shape index (κ3) is 3.66. The van der Waals surface area contributed by atoms with Crippen molar-refractivity contribution in [2.45, 2.75) is 0 Å². The van der Waals surface area contributed by atoms with Crippen LogP contribution in [-0.2, 0) is 9.63 Å². The Morgan fingerprint density at radius 1 is 1.50 bits per heavy atom. The van der Waals surface area contributed by atoms with Crippen LogP contribution in [0, 0.1) is 3.57 Å². The highest BCUT2D eigenvalue weighted by molar-refractivity contribution is 14.1. The summed E-state index contributed by atoms with van der Waals surface area (Å²) in [5, 5.41) is 9.36. The number of hydroxylamine groups is 1. The molecule has 7 heteroatoms. The molecular weight excluding hydrogens is 327 g/mol. The summed E-state index contributed by atoms with van der Waals surface area (Å²) in [6, 6.07) is 4.40. The number of rotatable bonds is 4. The second-order valence-electron chi connectivity index (χ2n) is 2.85. The molecule has 0 atom stereocenters. The van der Waals surface area contributed by atoms with E-state index in [1.54, 1.807) is 6.07 Å². The average Bonchev–Trinajstić information content (AvgIpc) is 2.21. The monoisotopic (exact) mass is 336 g/mol. The summed E-state index contributed by atoms with van der Waals surface area (Å²) in [4.78, 5) is 26.2. The van der Waals surface area contributed by atoms with Gasteiger partial charge >= 0.3 is 0 Å². The molecule has 2 amide bonds. The highest BCUT2D eigenvalue weighted by atomic mass is 127. The quantitative estimate of drug-likeness (QED) is 0.538. The van der Waals surface area contributed by atoms with Crippen LogP contribution >= 0.6 is 22.6 Å². The topological polar surface area (TPSA) is 102 Å². The van der Waals surface area contributed by atoms with Crippen molar-refractivity contribution in [3.05, 3.63) is 27.3 Å². The van der Waals surface area contributed by atoms with Crippen LogP contribution in [0.4, 0.5) is 0 Å². The van der Waals surface area contributed by atoms with E-state index in [4.69, 9.17) is 5.73 Å². The van der Waals surface area contributed by atoms with E-state index in [1.165, 1.54) is 12.1 Å². The van der Waals surface area contributed by atoms with E-state index in [0.29, 0.717) is 3.57 Å². The van der Waals surface area contributed by atoms with E-state index < -0.39 is 18.4 Å². The van der Waals surface area contributed by atoms with Crippen LogP contribution in [0.2, 0.25) is 0 Å². The number of carbonyl (C=O) groups is 2. The van der Waals surface area contributed by atoms with Gasteiger partial charge in [-0.2, -0.15) is 0 Å².